The van der Waals surface area contributed by atoms with Crippen molar-refractivity contribution in [3.8, 4) is 0 Å². The summed E-state index contributed by atoms with van der Waals surface area (Å²) in [6.45, 7) is 9.07. The number of nitrogens with zero attached hydrogens (tertiary/aromatic N) is 2. The topological polar surface area (TPSA) is 49.9 Å². The zero-order valence-electron chi connectivity index (χ0n) is 13.0. The second-order valence-electron chi connectivity index (χ2n) is 6.29. The van der Waals surface area contributed by atoms with Gasteiger partial charge in [0.15, 0.2) is 0 Å². The van der Waals surface area contributed by atoms with Crippen LogP contribution in [-0.4, -0.2) is 53.1 Å². The van der Waals surface area contributed by atoms with E-state index in [9.17, 15) is 9.59 Å². The molecule has 1 saturated heterocycles. The Labute approximate surface area is 129 Å². The summed E-state index contributed by atoms with van der Waals surface area (Å²) in [5.41, 5.74) is 0.224. The maximum absolute atomic E-state index is 12.4. The molecule has 0 bridgehead atoms. The lowest BCUT2D eigenvalue weighted by atomic mass is 10.1. The van der Waals surface area contributed by atoms with E-state index < -0.39 is 5.60 Å². The minimum atomic E-state index is -0.496. The lowest BCUT2D eigenvalue weighted by Crippen LogP contribution is -2.56. The van der Waals surface area contributed by atoms with Crippen molar-refractivity contribution in [3.63, 3.8) is 0 Å². The van der Waals surface area contributed by atoms with Gasteiger partial charge in [0, 0.05) is 31.1 Å². The molecule has 1 aliphatic heterocycles. The number of carbonyl (C=O) groups excluding carboxylic acids is 2. The Morgan fingerprint density at radius 2 is 2.05 bits per heavy atom. The zero-order chi connectivity index (χ0) is 15.6. The van der Waals surface area contributed by atoms with Gasteiger partial charge in [0.1, 0.15) is 5.60 Å². The molecule has 2 rings (SSSR count). The van der Waals surface area contributed by atoms with Crippen molar-refractivity contribution in [2.24, 2.45) is 0 Å². The third-order valence-corrected chi connectivity index (χ3v) is 3.99. The van der Waals surface area contributed by atoms with Crippen LogP contribution in [0, 0.1) is 0 Å². The van der Waals surface area contributed by atoms with Gasteiger partial charge in [0.2, 0.25) is 0 Å². The van der Waals surface area contributed by atoms with Crippen molar-refractivity contribution in [2.45, 2.75) is 39.3 Å². The van der Waals surface area contributed by atoms with Crippen LogP contribution < -0.4 is 0 Å². The Kier molecular flexibility index (Phi) is 4.56. The molecule has 2 heterocycles. The van der Waals surface area contributed by atoms with Gasteiger partial charge in [-0.05, 0) is 39.1 Å². The lowest BCUT2D eigenvalue weighted by molar-refractivity contribution is 0.00618. The molecule has 1 atom stereocenters. The van der Waals surface area contributed by atoms with Gasteiger partial charge in [-0.15, -0.1) is 0 Å². The van der Waals surface area contributed by atoms with Crippen molar-refractivity contribution < 1.29 is 14.3 Å². The molecule has 1 aromatic rings. The van der Waals surface area contributed by atoms with Crippen LogP contribution in [0.2, 0.25) is 0 Å². The number of hydrogen-bond donors (Lipinski definition) is 0. The van der Waals surface area contributed by atoms with Gasteiger partial charge in [-0.25, -0.2) is 4.79 Å². The molecule has 5 nitrogen and oxygen atoms in total. The minimum Gasteiger partial charge on any atom is -0.444 e. The second-order valence-corrected chi connectivity index (χ2v) is 7.07. The smallest absolute Gasteiger partial charge is 0.410 e. The molecule has 116 valence electrons. The summed E-state index contributed by atoms with van der Waals surface area (Å²) in [7, 11) is 0. The van der Waals surface area contributed by atoms with Crippen LogP contribution in [0.5, 0.6) is 0 Å². The largest absolute Gasteiger partial charge is 0.444 e. The first-order chi connectivity index (χ1) is 9.78. The quantitative estimate of drug-likeness (QED) is 0.801. The first kappa shape index (κ1) is 15.8. The molecule has 21 heavy (non-hydrogen) atoms. The SMILES string of the molecule is CC1CN(C(=O)OC(C)(C)C)CCN1C(=O)c1ccsc1. The van der Waals surface area contributed by atoms with Crippen LogP contribution in [0.1, 0.15) is 38.1 Å². The monoisotopic (exact) mass is 310 g/mol. The molecule has 0 radical (unpaired) electrons. The molecular weight excluding hydrogens is 288 g/mol. The Balaban J connectivity index is 1.96. The molecule has 0 spiro atoms. The van der Waals surface area contributed by atoms with Gasteiger partial charge in [-0.2, -0.15) is 11.3 Å². The Morgan fingerprint density at radius 3 is 2.57 bits per heavy atom. The standard InChI is InChI=1S/C15H22N2O3S/c1-11-9-16(14(19)20-15(2,3)4)6-7-17(11)13(18)12-5-8-21-10-12/h5,8,10-11H,6-7,9H2,1-4H3. The van der Waals surface area contributed by atoms with E-state index in [2.05, 4.69) is 0 Å². The highest BCUT2D eigenvalue weighted by Gasteiger charge is 2.32. The number of carbonyl (C=O) groups is 2. The predicted octanol–water partition coefficient (Wildman–Crippen LogP) is 2.83. The molecule has 2 amide bonds. The summed E-state index contributed by atoms with van der Waals surface area (Å²) >= 11 is 1.51. The van der Waals surface area contributed by atoms with Crippen LogP contribution in [0.4, 0.5) is 4.79 Å². The van der Waals surface area contributed by atoms with Crippen molar-refractivity contribution in [1.82, 2.24) is 9.80 Å². The average Bonchev–Trinajstić information content (AvgIpc) is 2.89. The minimum absolute atomic E-state index is 0.0151. The normalized spacial score (nSPS) is 19.5. The van der Waals surface area contributed by atoms with Crippen molar-refractivity contribution >= 4 is 23.3 Å². The van der Waals surface area contributed by atoms with Crippen molar-refractivity contribution in [1.29, 1.82) is 0 Å². The van der Waals surface area contributed by atoms with E-state index >= 15 is 0 Å². The van der Waals surface area contributed by atoms with Crippen LogP contribution in [0.25, 0.3) is 0 Å². The van der Waals surface area contributed by atoms with Crippen LogP contribution in [0.15, 0.2) is 16.8 Å². The average molecular weight is 310 g/mol. The fraction of sp³-hybridized carbons (Fsp3) is 0.600. The number of rotatable bonds is 1. The van der Waals surface area contributed by atoms with Crippen LogP contribution >= 0.6 is 11.3 Å². The molecule has 1 fully saturated rings. The summed E-state index contributed by atoms with van der Waals surface area (Å²) in [5.74, 6) is 0.0348. The predicted molar refractivity (Wildman–Crippen MR) is 82.6 cm³/mol. The molecule has 0 aromatic carbocycles. The van der Waals surface area contributed by atoms with E-state index in [1.165, 1.54) is 11.3 Å². The highest BCUT2D eigenvalue weighted by molar-refractivity contribution is 7.08. The first-order valence-corrected chi connectivity index (χ1v) is 8.03. The van der Waals surface area contributed by atoms with Gasteiger partial charge in [-0.1, -0.05) is 0 Å². The van der Waals surface area contributed by atoms with Gasteiger partial charge in [-0.3, -0.25) is 4.79 Å². The van der Waals surface area contributed by atoms with E-state index in [0.29, 0.717) is 19.6 Å². The molecule has 0 saturated carbocycles. The highest BCUT2D eigenvalue weighted by atomic mass is 32.1. The van der Waals surface area contributed by atoms with E-state index in [1.807, 2.05) is 49.4 Å². The van der Waals surface area contributed by atoms with E-state index in [1.54, 1.807) is 4.90 Å². The fourth-order valence-corrected chi connectivity index (χ4v) is 2.93. The van der Waals surface area contributed by atoms with Gasteiger partial charge in [0.05, 0.1) is 5.56 Å². The maximum Gasteiger partial charge on any atom is 0.410 e. The third-order valence-electron chi connectivity index (χ3n) is 3.31. The van der Waals surface area contributed by atoms with E-state index in [0.717, 1.165) is 5.56 Å². The van der Waals surface area contributed by atoms with Crippen LogP contribution in [-0.2, 0) is 4.74 Å². The first-order valence-electron chi connectivity index (χ1n) is 7.09. The van der Waals surface area contributed by atoms with Crippen molar-refractivity contribution in [3.05, 3.63) is 22.4 Å². The van der Waals surface area contributed by atoms with Gasteiger partial charge >= 0.3 is 6.09 Å². The molecule has 1 aromatic heterocycles. The number of hydrogen-bond acceptors (Lipinski definition) is 4. The van der Waals surface area contributed by atoms with Gasteiger partial charge in [0.25, 0.3) is 5.91 Å². The van der Waals surface area contributed by atoms with Crippen LogP contribution in [0.3, 0.4) is 0 Å². The summed E-state index contributed by atoms with van der Waals surface area (Å²) in [6, 6.07) is 1.82. The summed E-state index contributed by atoms with van der Waals surface area (Å²) in [5, 5.41) is 3.75. The summed E-state index contributed by atoms with van der Waals surface area (Å²) < 4.78 is 5.38. The number of ether oxygens (including phenoxy) is 1. The van der Waals surface area contributed by atoms with E-state index in [4.69, 9.17) is 4.74 Å². The number of piperazine rings is 1. The third kappa shape index (κ3) is 3.97. The highest BCUT2D eigenvalue weighted by Crippen LogP contribution is 2.18. The molecule has 0 aliphatic carbocycles. The molecule has 1 unspecified atom stereocenters. The molecule has 0 N–H and O–H groups in total. The van der Waals surface area contributed by atoms with E-state index in [-0.39, 0.29) is 18.0 Å². The Morgan fingerprint density at radius 1 is 1.33 bits per heavy atom. The molecular formula is C15H22N2O3S. The number of amides is 2. The summed E-state index contributed by atoms with van der Waals surface area (Å²) in [4.78, 5) is 27.9. The maximum atomic E-state index is 12.4. The van der Waals surface area contributed by atoms with Gasteiger partial charge < -0.3 is 14.5 Å². The lowest BCUT2D eigenvalue weighted by Gasteiger charge is -2.40. The van der Waals surface area contributed by atoms with Crippen molar-refractivity contribution in [2.75, 3.05) is 19.6 Å². The molecule has 6 heteroatoms. The second kappa shape index (κ2) is 6.05. The fourth-order valence-electron chi connectivity index (χ4n) is 2.30. The number of thiophene rings is 1. The Bertz CT molecular complexity index is 507. The summed E-state index contributed by atoms with van der Waals surface area (Å²) in [6.07, 6.45) is -0.308. The zero-order valence-corrected chi connectivity index (χ0v) is 13.8. The Hall–Kier alpha value is -1.56. The molecule has 1 aliphatic rings.